The number of para-hydroxylation sites is 2. The van der Waals surface area contributed by atoms with Crippen molar-refractivity contribution in [2.24, 2.45) is 0 Å². The first-order chi connectivity index (χ1) is 12.8. The number of nitrogens with zero attached hydrogens (tertiary/aromatic N) is 2. The minimum atomic E-state index is -4.15. The van der Waals surface area contributed by atoms with Crippen LogP contribution in [0, 0.1) is 0 Å². The Morgan fingerprint density at radius 2 is 1.74 bits per heavy atom. The Balaban J connectivity index is 2.05. The van der Waals surface area contributed by atoms with E-state index in [0.29, 0.717) is 25.4 Å². The fraction of sp³-hybridized carbons (Fsp3) is 0.588. The van der Waals surface area contributed by atoms with Crippen molar-refractivity contribution in [3.05, 3.63) is 30.6 Å². The summed E-state index contributed by atoms with van der Waals surface area (Å²) >= 11 is 0. The molecule has 10 heteroatoms. The average Bonchev–Trinajstić information content (AvgIpc) is 3.00. The van der Waals surface area contributed by atoms with Crippen LogP contribution in [0.1, 0.15) is 19.3 Å². The van der Waals surface area contributed by atoms with E-state index in [1.165, 1.54) is 0 Å². The molecule has 0 radical (unpaired) electrons. The van der Waals surface area contributed by atoms with Crippen LogP contribution in [0.4, 0.5) is 0 Å². The fourth-order valence-corrected chi connectivity index (χ4v) is 5.44. The third kappa shape index (κ3) is 6.09. The zero-order valence-corrected chi connectivity index (χ0v) is 17.9. The minimum absolute atomic E-state index is 0.316. The van der Waals surface area contributed by atoms with E-state index < -0.39 is 18.9 Å². The maximum atomic E-state index is 10.7. The van der Waals surface area contributed by atoms with Gasteiger partial charge in [0.1, 0.15) is 0 Å². The monoisotopic (exact) mass is 416 g/mol. The molecule has 8 nitrogen and oxygen atoms in total. The van der Waals surface area contributed by atoms with Gasteiger partial charge in [-0.3, -0.25) is 0 Å². The Kier molecular flexibility index (Phi) is 7.95. The topological polar surface area (TPSA) is 93.7 Å². The molecule has 2 rings (SSSR count). The van der Waals surface area contributed by atoms with Crippen LogP contribution in [0.25, 0.3) is 11.0 Å². The predicted octanol–water partition coefficient (Wildman–Crippen LogP) is 1.52. The van der Waals surface area contributed by atoms with Crippen molar-refractivity contribution in [1.29, 1.82) is 0 Å². The molecule has 0 spiro atoms. The van der Waals surface area contributed by atoms with Crippen molar-refractivity contribution >= 4 is 30.0 Å². The van der Waals surface area contributed by atoms with Gasteiger partial charge < -0.3 is 17.8 Å². The molecule has 0 unspecified atom stereocenters. The van der Waals surface area contributed by atoms with Gasteiger partial charge in [0, 0.05) is 33.1 Å². The quantitative estimate of drug-likeness (QED) is 0.225. The molecule has 1 aromatic heterocycles. The summed E-state index contributed by atoms with van der Waals surface area (Å²) in [7, 11) is -1.89. The van der Waals surface area contributed by atoms with Crippen LogP contribution in [0.3, 0.4) is 0 Å². The molecule has 0 aliphatic heterocycles. The third-order valence-electron chi connectivity index (χ3n) is 4.64. The summed E-state index contributed by atoms with van der Waals surface area (Å²) in [6.45, 7) is 1.45. The van der Waals surface area contributed by atoms with Crippen molar-refractivity contribution in [2.75, 3.05) is 27.1 Å². The van der Waals surface area contributed by atoms with Gasteiger partial charge >= 0.3 is 8.80 Å². The first-order valence-electron chi connectivity index (χ1n) is 8.90. The van der Waals surface area contributed by atoms with Gasteiger partial charge in [-0.25, -0.2) is 17.6 Å². The van der Waals surface area contributed by atoms with Crippen molar-refractivity contribution < 1.29 is 30.8 Å². The second-order valence-corrected chi connectivity index (χ2v) is 11.0. The molecule has 0 saturated carbocycles. The number of fused-ring (bicyclic) bond motifs is 1. The molecule has 1 aromatic carbocycles. The van der Waals surface area contributed by atoms with Crippen LogP contribution < -0.4 is 4.57 Å². The second kappa shape index (κ2) is 9.76. The summed E-state index contributed by atoms with van der Waals surface area (Å²) in [6, 6.07) is 8.77. The van der Waals surface area contributed by atoms with E-state index in [1.807, 2.05) is 24.5 Å². The maximum absolute atomic E-state index is 10.7. The average molecular weight is 417 g/mol. The van der Waals surface area contributed by atoms with Crippen molar-refractivity contribution in [3.8, 4) is 0 Å². The van der Waals surface area contributed by atoms with Gasteiger partial charge in [-0.15, -0.1) is 0 Å². The Morgan fingerprint density at radius 1 is 1.07 bits per heavy atom. The fourth-order valence-electron chi connectivity index (χ4n) is 3.18. The zero-order valence-electron chi connectivity index (χ0n) is 16.1. The molecule has 2 aromatic rings. The SMILES string of the molecule is CO[Si](CCC[n+]1cn(CCCCS(=O)(=O)[O-])c2ccccc21)(OC)OC. The summed E-state index contributed by atoms with van der Waals surface area (Å²) in [6.07, 6.45) is 3.87. The number of rotatable bonds is 12. The van der Waals surface area contributed by atoms with E-state index in [2.05, 4.69) is 15.2 Å². The molecule has 0 saturated heterocycles. The Bertz CT molecular complexity index is 827. The largest absolute Gasteiger partial charge is 0.748 e. The lowest BCUT2D eigenvalue weighted by molar-refractivity contribution is -0.672. The van der Waals surface area contributed by atoms with E-state index in [4.69, 9.17) is 13.3 Å². The Labute approximate surface area is 161 Å². The summed E-state index contributed by atoms with van der Waals surface area (Å²) in [5, 5.41) is 0. The predicted molar refractivity (Wildman–Crippen MR) is 102 cm³/mol. The van der Waals surface area contributed by atoms with Crippen LogP contribution in [0.5, 0.6) is 0 Å². The molecule has 0 aliphatic rings. The van der Waals surface area contributed by atoms with E-state index in [-0.39, 0.29) is 5.75 Å². The van der Waals surface area contributed by atoms with Gasteiger partial charge in [0.15, 0.2) is 11.0 Å². The van der Waals surface area contributed by atoms with Gasteiger partial charge in [0.05, 0.1) is 23.2 Å². The molecule has 0 fully saturated rings. The van der Waals surface area contributed by atoms with Crippen molar-refractivity contribution in [3.63, 3.8) is 0 Å². The number of hydrogen-bond acceptors (Lipinski definition) is 6. The van der Waals surface area contributed by atoms with E-state index in [1.54, 1.807) is 21.3 Å². The van der Waals surface area contributed by atoms with Crippen LogP contribution >= 0.6 is 0 Å². The molecule has 0 atom stereocenters. The third-order valence-corrected chi connectivity index (χ3v) is 8.26. The number of imidazole rings is 1. The first kappa shape index (κ1) is 22.0. The van der Waals surface area contributed by atoms with Gasteiger partial charge in [-0.1, -0.05) is 12.1 Å². The highest BCUT2D eigenvalue weighted by Crippen LogP contribution is 2.16. The summed E-state index contributed by atoms with van der Waals surface area (Å²) in [5.74, 6) is -0.316. The van der Waals surface area contributed by atoms with Crippen LogP contribution in [-0.2, 0) is 36.5 Å². The molecule has 0 aliphatic carbocycles. The van der Waals surface area contributed by atoms with E-state index in [9.17, 15) is 13.0 Å². The Morgan fingerprint density at radius 3 is 2.37 bits per heavy atom. The van der Waals surface area contributed by atoms with Crippen LogP contribution in [-0.4, -0.2) is 53.4 Å². The molecule has 0 amide bonds. The first-order valence-corrected chi connectivity index (χ1v) is 12.4. The lowest BCUT2D eigenvalue weighted by Crippen LogP contribution is -2.44. The number of aryl methyl sites for hydroxylation is 2. The number of hydrogen-bond donors (Lipinski definition) is 0. The highest BCUT2D eigenvalue weighted by atomic mass is 32.2. The van der Waals surface area contributed by atoms with Gasteiger partial charge in [-0.2, -0.15) is 0 Å². The molecule has 152 valence electrons. The summed E-state index contributed by atoms with van der Waals surface area (Å²) < 4.78 is 52.9. The summed E-state index contributed by atoms with van der Waals surface area (Å²) in [4.78, 5) is 0. The highest BCUT2D eigenvalue weighted by Gasteiger charge is 2.37. The minimum Gasteiger partial charge on any atom is -0.748 e. The maximum Gasteiger partial charge on any atom is 0.500 e. The molecule has 0 N–H and O–H groups in total. The number of benzene rings is 1. The van der Waals surface area contributed by atoms with Gasteiger partial charge in [0.2, 0.25) is 6.33 Å². The molecular formula is C17H28N2O6SSi. The summed E-state index contributed by atoms with van der Waals surface area (Å²) in [5.41, 5.74) is 2.18. The normalized spacial score (nSPS) is 12.7. The van der Waals surface area contributed by atoms with Gasteiger partial charge in [0.25, 0.3) is 0 Å². The van der Waals surface area contributed by atoms with Gasteiger partial charge in [-0.05, 0) is 31.4 Å². The van der Waals surface area contributed by atoms with E-state index in [0.717, 1.165) is 24.0 Å². The lowest BCUT2D eigenvalue weighted by Gasteiger charge is -2.23. The van der Waals surface area contributed by atoms with Crippen LogP contribution in [0.2, 0.25) is 6.04 Å². The Hall–Kier alpha value is -1.30. The standard InChI is InChI=1S/C17H28N2O6SSi/c1-23-27(24-2,25-3)14-8-12-19-15-18(11-6-7-13-26(20,21)22)16-9-4-5-10-17(16)19/h4-5,9-10,15H,6-8,11-14H2,1-3H3. The second-order valence-electron chi connectivity index (χ2n) is 6.36. The van der Waals surface area contributed by atoms with Crippen molar-refractivity contribution in [2.45, 2.75) is 38.4 Å². The number of unbranched alkanes of at least 4 members (excludes halogenated alkanes) is 1. The van der Waals surface area contributed by atoms with Crippen molar-refractivity contribution in [1.82, 2.24) is 4.57 Å². The smallest absolute Gasteiger partial charge is 0.500 e. The highest BCUT2D eigenvalue weighted by molar-refractivity contribution is 7.85. The molecule has 1 heterocycles. The lowest BCUT2D eigenvalue weighted by atomic mass is 10.3. The van der Waals surface area contributed by atoms with E-state index >= 15 is 0 Å². The zero-order chi connectivity index (χ0) is 19.9. The molecular weight excluding hydrogens is 388 g/mol. The molecule has 27 heavy (non-hydrogen) atoms. The number of aromatic nitrogens is 2. The molecule has 0 bridgehead atoms. The van der Waals surface area contributed by atoms with Crippen LogP contribution in [0.15, 0.2) is 30.6 Å².